The number of hydrogen-bond donors (Lipinski definition) is 2. The third kappa shape index (κ3) is 5.55. The minimum Gasteiger partial charge on any atom is -0.422 e. The van der Waals surface area contributed by atoms with Crippen molar-refractivity contribution in [3.63, 3.8) is 0 Å². The fourth-order valence-corrected chi connectivity index (χ4v) is 6.70. The average Bonchev–Trinajstić information content (AvgIpc) is 3.41. The Hall–Kier alpha value is -3.24. The smallest absolute Gasteiger partial charge is 0.274 e. The summed E-state index contributed by atoms with van der Waals surface area (Å²) >= 11 is 1.17. The minimum atomic E-state index is -4.00. The van der Waals surface area contributed by atoms with Crippen molar-refractivity contribution in [1.82, 2.24) is 24.8 Å². The Balaban J connectivity index is 1.46. The molecule has 37 heavy (non-hydrogen) atoms. The molecule has 3 heterocycles. The molecule has 1 saturated heterocycles. The SMILES string of the molecule is CS(=O)(=O)C(c1nnc(CNS(N)(=O)=O)o1)c1nc2ccc(-c3cccc(C(=O)N4CCC4)c3)cc2s1. The predicted molar refractivity (Wildman–Crippen MR) is 137 cm³/mol. The Morgan fingerprint density at radius 2 is 1.89 bits per heavy atom. The number of aromatic nitrogens is 3. The molecule has 1 aliphatic heterocycles. The zero-order valence-corrected chi connectivity index (χ0v) is 21.9. The van der Waals surface area contributed by atoms with Gasteiger partial charge in [0.2, 0.25) is 11.8 Å². The van der Waals surface area contributed by atoms with Crippen molar-refractivity contribution >= 4 is 47.5 Å². The summed E-state index contributed by atoms with van der Waals surface area (Å²) in [5.41, 5.74) is 2.90. The van der Waals surface area contributed by atoms with Crippen LogP contribution >= 0.6 is 11.3 Å². The number of thiazole rings is 1. The van der Waals surface area contributed by atoms with E-state index in [-0.39, 0.29) is 29.2 Å². The van der Waals surface area contributed by atoms with Gasteiger partial charge < -0.3 is 9.32 Å². The molecule has 4 aromatic rings. The Morgan fingerprint density at radius 1 is 1.14 bits per heavy atom. The van der Waals surface area contributed by atoms with Crippen LogP contribution in [0.25, 0.3) is 21.3 Å². The van der Waals surface area contributed by atoms with Gasteiger partial charge in [-0.2, -0.15) is 13.1 Å². The van der Waals surface area contributed by atoms with Gasteiger partial charge in [-0.05, 0) is 41.8 Å². The molecule has 5 rings (SSSR count). The van der Waals surface area contributed by atoms with E-state index in [9.17, 15) is 21.6 Å². The van der Waals surface area contributed by atoms with Crippen LogP contribution in [-0.4, -0.2) is 62.2 Å². The molecule has 1 aliphatic rings. The van der Waals surface area contributed by atoms with E-state index in [1.807, 2.05) is 35.1 Å². The van der Waals surface area contributed by atoms with Gasteiger partial charge >= 0.3 is 0 Å². The topological polar surface area (TPSA) is 178 Å². The van der Waals surface area contributed by atoms with E-state index in [1.54, 1.807) is 17.0 Å². The summed E-state index contributed by atoms with van der Waals surface area (Å²) in [4.78, 5) is 18.9. The van der Waals surface area contributed by atoms with E-state index in [2.05, 4.69) is 15.2 Å². The summed E-state index contributed by atoms with van der Waals surface area (Å²) in [5.74, 6) is -0.373. The van der Waals surface area contributed by atoms with Crippen molar-refractivity contribution in [2.24, 2.45) is 5.14 Å². The van der Waals surface area contributed by atoms with Crippen molar-refractivity contribution < 1.29 is 26.0 Å². The molecule has 0 bridgehead atoms. The van der Waals surface area contributed by atoms with Gasteiger partial charge in [0, 0.05) is 24.9 Å². The quantitative estimate of drug-likeness (QED) is 0.323. The highest BCUT2D eigenvalue weighted by Gasteiger charge is 2.34. The first kappa shape index (κ1) is 25.4. The molecule has 1 unspecified atom stereocenters. The molecule has 1 amide bonds. The number of hydrogen-bond acceptors (Lipinski definition) is 10. The second kappa shape index (κ2) is 9.57. The van der Waals surface area contributed by atoms with E-state index in [0.29, 0.717) is 11.1 Å². The number of carbonyl (C=O) groups excluding carboxylic acids is 1. The van der Waals surface area contributed by atoms with Gasteiger partial charge in [0.05, 0.1) is 16.8 Å². The van der Waals surface area contributed by atoms with Crippen LogP contribution in [0, 0.1) is 0 Å². The van der Waals surface area contributed by atoms with Gasteiger partial charge in [0.25, 0.3) is 16.1 Å². The summed E-state index contributed by atoms with van der Waals surface area (Å²) in [6, 6.07) is 12.9. The monoisotopic (exact) mass is 562 g/mol. The van der Waals surface area contributed by atoms with Crippen LogP contribution in [0.1, 0.15) is 38.8 Å². The Labute approximate surface area is 216 Å². The number of rotatable bonds is 8. The van der Waals surface area contributed by atoms with Gasteiger partial charge in [-0.3, -0.25) is 4.79 Å². The van der Waals surface area contributed by atoms with Crippen LogP contribution in [0.2, 0.25) is 0 Å². The Bertz CT molecular complexity index is 1710. The van der Waals surface area contributed by atoms with E-state index in [0.717, 1.165) is 41.6 Å². The third-order valence-electron chi connectivity index (χ3n) is 5.77. The fraction of sp³-hybridized carbons (Fsp3) is 0.273. The maximum Gasteiger partial charge on any atom is 0.274 e. The maximum absolute atomic E-state index is 12.7. The molecule has 0 saturated carbocycles. The van der Waals surface area contributed by atoms with Crippen LogP contribution in [0.4, 0.5) is 0 Å². The summed E-state index contributed by atoms with van der Waals surface area (Å²) in [6.07, 6.45) is 2.05. The minimum absolute atomic E-state index is 0.00318. The first-order chi connectivity index (χ1) is 17.5. The molecule has 194 valence electrons. The fourth-order valence-electron chi connectivity index (χ4n) is 3.85. The highest BCUT2D eigenvalue weighted by molar-refractivity contribution is 7.91. The molecular formula is C22H22N6O6S3. The summed E-state index contributed by atoms with van der Waals surface area (Å²) in [5, 5.41) is 11.3. The zero-order valence-electron chi connectivity index (χ0n) is 19.5. The number of nitrogens with two attached hydrogens (primary N) is 1. The molecule has 1 fully saturated rings. The lowest BCUT2D eigenvalue weighted by Crippen LogP contribution is -2.41. The summed E-state index contributed by atoms with van der Waals surface area (Å²) in [6.45, 7) is 1.15. The molecule has 0 spiro atoms. The van der Waals surface area contributed by atoms with Gasteiger partial charge in [0.15, 0.2) is 15.1 Å². The van der Waals surface area contributed by atoms with Gasteiger partial charge in [0.1, 0.15) is 5.01 Å². The lowest BCUT2D eigenvalue weighted by molar-refractivity contribution is 0.0652. The Morgan fingerprint density at radius 3 is 2.57 bits per heavy atom. The molecule has 15 heteroatoms. The van der Waals surface area contributed by atoms with Gasteiger partial charge in [-0.25, -0.2) is 18.5 Å². The van der Waals surface area contributed by atoms with Crippen molar-refractivity contribution in [1.29, 1.82) is 0 Å². The number of benzene rings is 2. The van der Waals surface area contributed by atoms with Crippen LogP contribution in [0.3, 0.4) is 0 Å². The molecule has 3 N–H and O–H groups in total. The van der Waals surface area contributed by atoms with Gasteiger partial charge in [-0.15, -0.1) is 21.5 Å². The molecular weight excluding hydrogens is 540 g/mol. The van der Waals surface area contributed by atoms with E-state index < -0.39 is 25.3 Å². The molecule has 0 radical (unpaired) electrons. The second-order valence-corrected chi connectivity index (χ2v) is 13.1. The number of likely N-dealkylation sites (tertiary alicyclic amines) is 1. The van der Waals surface area contributed by atoms with Crippen LogP contribution < -0.4 is 9.86 Å². The van der Waals surface area contributed by atoms with Crippen LogP contribution in [-0.2, 0) is 26.6 Å². The molecule has 12 nitrogen and oxygen atoms in total. The van der Waals surface area contributed by atoms with Crippen molar-refractivity contribution in [2.75, 3.05) is 19.3 Å². The first-order valence-electron chi connectivity index (χ1n) is 11.1. The number of amides is 1. The van der Waals surface area contributed by atoms with Crippen molar-refractivity contribution in [3.05, 3.63) is 64.8 Å². The van der Waals surface area contributed by atoms with E-state index in [1.165, 1.54) is 11.3 Å². The largest absolute Gasteiger partial charge is 0.422 e. The summed E-state index contributed by atoms with van der Waals surface area (Å²) < 4.78 is 55.7. The zero-order chi connectivity index (χ0) is 26.4. The van der Waals surface area contributed by atoms with Crippen molar-refractivity contribution in [2.45, 2.75) is 18.2 Å². The predicted octanol–water partition coefficient (Wildman–Crippen LogP) is 1.62. The van der Waals surface area contributed by atoms with E-state index >= 15 is 0 Å². The first-order valence-corrected chi connectivity index (χ1v) is 15.4. The van der Waals surface area contributed by atoms with Crippen LogP contribution in [0.15, 0.2) is 46.9 Å². The molecule has 1 atom stereocenters. The van der Waals surface area contributed by atoms with Gasteiger partial charge in [-0.1, -0.05) is 18.2 Å². The molecule has 0 aliphatic carbocycles. The standard InChI is InChI=1S/C22H22N6O6S3/c1-36(30,31)19(20-27-26-18(34-20)12-24-37(23,32)33)21-25-16-7-6-14(11-17(16)35-21)13-4-2-5-15(10-13)22(29)28-8-3-9-28/h2,4-7,10-11,19,24H,3,8-9,12H2,1H3,(H2,23,32,33). The van der Waals surface area contributed by atoms with Crippen LogP contribution in [0.5, 0.6) is 0 Å². The highest BCUT2D eigenvalue weighted by Crippen LogP contribution is 2.36. The summed E-state index contributed by atoms with van der Waals surface area (Å²) in [7, 11) is -7.78. The molecule has 2 aromatic heterocycles. The highest BCUT2D eigenvalue weighted by atomic mass is 32.2. The maximum atomic E-state index is 12.7. The normalized spacial score (nSPS) is 15.0. The lowest BCUT2D eigenvalue weighted by Gasteiger charge is -2.31. The number of nitrogens with zero attached hydrogens (tertiary/aromatic N) is 4. The second-order valence-electron chi connectivity index (χ2n) is 8.57. The number of carbonyl (C=O) groups is 1. The number of sulfone groups is 1. The number of nitrogens with one attached hydrogen (secondary N) is 1. The number of fused-ring (bicyclic) bond motifs is 1. The third-order valence-corrected chi connectivity index (χ3v) is 8.84. The van der Waals surface area contributed by atoms with E-state index in [4.69, 9.17) is 9.56 Å². The Kier molecular flexibility index (Phi) is 6.57. The lowest BCUT2D eigenvalue weighted by atomic mass is 10.0. The van der Waals surface area contributed by atoms with Crippen molar-refractivity contribution in [3.8, 4) is 11.1 Å². The molecule has 2 aromatic carbocycles. The average molecular weight is 563 g/mol.